The van der Waals surface area contributed by atoms with E-state index in [0.29, 0.717) is 11.1 Å². The average Bonchev–Trinajstić information content (AvgIpc) is 2.96. The molecule has 0 aliphatic rings. The fourth-order valence-corrected chi connectivity index (χ4v) is 2.55. The van der Waals surface area contributed by atoms with E-state index in [1.54, 1.807) is 0 Å². The van der Waals surface area contributed by atoms with Crippen LogP contribution in [0.4, 0.5) is 0 Å². The Morgan fingerprint density at radius 3 is 2.71 bits per heavy atom. The van der Waals surface area contributed by atoms with Gasteiger partial charge in [0.1, 0.15) is 6.33 Å². The molecule has 2 heterocycles. The molecule has 0 N–H and O–H groups in total. The lowest BCUT2D eigenvalue weighted by Gasteiger charge is -2.03. The van der Waals surface area contributed by atoms with E-state index in [-0.39, 0.29) is 5.78 Å². The smallest absolute Gasteiger partial charge is 0.197 e. The number of ketones is 1. The summed E-state index contributed by atoms with van der Waals surface area (Å²) in [5.74, 6) is -0.0661. The maximum absolute atomic E-state index is 12.3. The van der Waals surface area contributed by atoms with E-state index in [1.807, 2.05) is 35.2 Å². The minimum atomic E-state index is -0.0661. The predicted octanol–water partition coefficient (Wildman–Crippen LogP) is 3.32. The summed E-state index contributed by atoms with van der Waals surface area (Å²) in [6.45, 7) is 0.720. The van der Waals surface area contributed by atoms with Crippen molar-refractivity contribution in [2.24, 2.45) is 0 Å². The number of benzene rings is 1. The zero-order valence-corrected chi connectivity index (χ0v) is 12.7. The maximum Gasteiger partial charge on any atom is 0.197 e. The standard InChI is InChI=1S/C16H12BrN3O/c17-15-3-1-2-12(6-15)9-20-5-4-13(10-20)16(21)14-7-18-11-19-8-14/h1-8,10-11H,9H2. The molecule has 0 atom stereocenters. The molecule has 3 rings (SSSR count). The summed E-state index contributed by atoms with van der Waals surface area (Å²) in [6.07, 6.45) is 8.21. The van der Waals surface area contributed by atoms with Gasteiger partial charge in [0.15, 0.2) is 5.78 Å². The lowest BCUT2D eigenvalue weighted by molar-refractivity contribution is 0.103. The van der Waals surface area contributed by atoms with Crippen LogP contribution in [0.1, 0.15) is 21.5 Å². The van der Waals surface area contributed by atoms with Gasteiger partial charge in [-0.05, 0) is 23.8 Å². The van der Waals surface area contributed by atoms with Crippen molar-refractivity contribution < 1.29 is 4.79 Å². The molecule has 0 radical (unpaired) electrons. The van der Waals surface area contributed by atoms with E-state index >= 15 is 0 Å². The van der Waals surface area contributed by atoms with E-state index in [4.69, 9.17) is 0 Å². The highest BCUT2D eigenvalue weighted by atomic mass is 79.9. The molecule has 21 heavy (non-hydrogen) atoms. The third kappa shape index (κ3) is 3.25. The molecule has 0 saturated heterocycles. The Balaban J connectivity index is 1.79. The molecular formula is C16H12BrN3O. The molecular weight excluding hydrogens is 330 g/mol. The van der Waals surface area contributed by atoms with E-state index in [9.17, 15) is 4.79 Å². The van der Waals surface area contributed by atoms with Crippen LogP contribution in [-0.4, -0.2) is 20.3 Å². The number of hydrogen-bond donors (Lipinski definition) is 0. The molecule has 0 saturated carbocycles. The minimum Gasteiger partial charge on any atom is -0.349 e. The van der Waals surface area contributed by atoms with Crippen LogP contribution in [0.25, 0.3) is 0 Å². The van der Waals surface area contributed by atoms with Gasteiger partial charge in [0.2, 0.25) is 0 Å². The van der Waals surface area contributed by atoms with Crippen LogP contribution in [-0.2, 0) is 6.54 Å². The zero-order valence-electron chi connectivity index (χ0n) is 11.1. The van der Waals surface area contributed by atoms with E-state index in [2.05, 4.69) is 38.0 Å². The summed E-state index contributed by atoms with van der Waals surface area (Å²) in [4.78, 5) is 20.0. The second-order valence-corrected chi connectivity index (χ2v) is 5.57. The quantitative estimate of drug-likeness (QED) is 0.684. The highest BCUT2D eigenvalue weighted by Crippen LogP contribution is 2.14. The molecule has 3 aromatic rings. The van der Waals surface area contributed by atoms with Crippen LogP contribution >= 0.6 is 15.9 Å². The van der Waals surface area contributed by atoms with Gasteiger partial charge in [-0.15, -0.1) is 0 Å². The lowest BCUT2D eigenvalue weighted by Crippen LogP contribution is -2.02. The first-order valence-corrected chi connectivity index (χ1v) is 7.21. The zero-order chi connectivity index (χ0) is 14.7. The monoisotopic (exact) mass is 341 g/mol. The number of rotatable bonds is 4. The first-order chi connectivity index (χ1) is 10.2. The number of aromatic nitrogens is 3. The SMILES string of the molecule is O=C(c1cncnc1)c1ccn(Cc2cccc(Br)c2)c1. The fraction of sp³-hybridized carbons (Fsp3) is 0.0625. The van der Waals surface area contributed by atoms with Crippen LogP contribution in [0.3, 0.4) is 0 Å². The number of carbonyl (C=O) groups is 1. The van der Waals surface area contributed by atoms with Crippen molar-refractivity contribution in [1.29, 1.82) is 0 Å². The predicted molar refractivity (Wildman–Crippen MR) is 83.1 cm³/mol. The first-order valence-electron chi connectivity index (χ1n) is 6.42. The van der Waals surface area contributed by atoms with Crippen LogP contribution in [0.15, 0.2) is 65.9 Å². The van der Waals surface area contributed by atoms with Crippen molar-refractivity contribution in [3.05, 3.63) is 82.6 Å². The Kier molecular flexibility index (Phi) is 3.92. The Labute approximate surface area is 130 Å². The van der Waals surface area contributed by atoms with Crippen molar-refractivity contribution in [2.75, 3.05) is 0 Å². The van der Waals surface area contributed by atoms with E-state index in [1.165, 1.54) is 24.3 Å². The molecule has 2 aromatic heterocycles. The summed E-state index contributed by atoms with van der Waals surface area (Å²) in [6, 6.07) is 9.91. The Morgan fingerprint density at radius 2 is 1.95 bits per heavy atom. The highest BCUT2D eigenvalue weighted by Gasteiger charge is 2.11. The van der Waals surface area contributed by atoms with Gasteiger partial charge in [-0.1, -0.05) is 28.1 Å². The van der Waals surface area contributed by atoms with Gasteiger partial charge in [-0.3, -0.25) is 4.79 Å². The van der Waals surface area contributed by atoms with Gasteiger partial charge in [0.05, 0.1) is 5.56 Å². The van der Waals surface area contributed by atoms with Crippen LogP contribution < -0.4 is 0 Å². The van der Waals surface area contributed by atoms with E-state index < -0.39 is 0 Å². The number of hydrogen-bond acceptors (Lipinski definition) is 3. The number of nitrogens with zero attached hydrogens (tertiary/aromatic N) is 3. The molecule has 5 heteroatoms. The molecule has 4 nitrogen and oxygen atoms in total. The summed E-state index contributed by atoms with van der Waals surface area (Å²) < 4.78 is 3.03. The van der Waals surface area contributed by atoms with Gasteiger partial charge in [-0.25, -0.2) is 9.97 Å². The fourth-order valence-electron chi connectivity index (χ4n) is 2.10. The lowest BCUT2D eigenvalue weighted by atomic mass is 10.1. The van der Waals surface area contributed by atoms with Crippen molar-refractivity contribution in [1.82, 2.24) is 14.5 Å². The largest absolute Gasteiger partial charge is 0.349 e. The second-order valence-electron chi connectivity index (χ2n) is 4.66. The number of carbonyl (C=O) groups excluding carboxylic acids is 1. The van der Waals surface area contributed by atoms with Crippen molar-refractivity contribution in [3.8, 4) is 0 Å². The van der Waals surface area contributed by atoms with Crippen molar-refractivity contribution >= 4 is 21.7 Å². The molecule has 0 aliphatic heterocycles. The third-order valence-electron chi connectivity index (χ3n) is 3.09. The van der Waals surface area contributed by atoms with Crippen LogP contribution in [0.2, 0.25) is 0 Å². The molecule has 0 aliphatic carbocycles. The van der Waals surface area contributed by atoms with E-state index in [0.717, 1.165) is 11.0 Å². The summed E-state index contributed by atoms with van der Waals surface area (Å²) in [7, 11) is 0. The van der Waals surface area contributed by atoms with Crippen LogP contribution in [0.5, 0.6) is 0 Å². The van der Waals surface area contributed by atoms with Gasteiger partial charge in [-0.2, -0.15) is 0 Å². The molecule has 0 spiro atoms. The topological polar surface area (TPSA) is 47.8 Å². The van der Waals surface area contributed by atoms with Crippen molar-refractivity contribution in [2.45, 2.75) is 6.54 Å². The third-order valence-corrected chi connectivity index (χ3v) is 3.58. The van der Waals surface area contributed by atoms with Crippen molar-refractivity contribution in [3.63, 3.8) is 0 Å². The Morgan fingerprint density at radius 1 is 1.14 bits per heavy atom. The average molecular weight is 342 g/mol. The summed E-state index contributed by atoms with van der Waals surface area (Å²) in [5.41, 5.74) is 2.31. The molecule has 0 fully saturated rings. The minimum absolute atomic E-state index is 0.0661. The Hall–Kier alpha value is -2.27. The van der Waals surface area contributed by atoms with Gasteiger partial charge in [0.25, 0.3) is 0 Å². The summed E-state index contributed by atoms with van der Waals surface area (Å²) >= 11 is 3.46. The molecule has 0 bridgehead atoms. The molecule has 0 unspecified atom stereocenters. The first kappa shape index (κ1) is 13.7. The molecule has 0 amide bonds. The maximum atomic E-state index is 12.3. The Bertz CT molecular complexity index is 768. The van der Waals surface area contributed by atoms with Gasteiger partial charge in [0, 0.05) is 41.4 Å². The normalized spacial score (nSPS) is 10.5. The summed E-state index contributed by atoms with van der Waals surface area (Å²) in [5, 5.41) is 0. The van der Waals surface area contributed by atoms with Gasteiger partial charge >= 0.3 is 0 Å². The van der Waals surface area contributed by atoms with Gasteiger partial charge < -0.3 is 4.57 Å². The highest BCUT2D eigenvalue weighted by molar-refractivity contribution is 9.10. The second kappa shape index (κ2) is 6.01. The molecule has 1 aromatic carbocycles. The van der Waals surface area contributed by atoms with Crippen LogP contribution in [0, 0.1) is 0 Å². The number of halogens is 1. The molecule has 104 valence electrons.